The molecule has 0 aromatic heterocycles. The molecule has 0 spiro atoms. The topological polar surface area (TPSA) is 29.5 Å². The third kappa shape index (κ3) is 4.12. The van der Waals surface area contributed by atoms with Crippen molar-refractivity contribution in [2.75, 3.05) is 19.4 Å². The van der Waals surface area contributed by atoms with Crippen molar-refractivity contribution in [1.82, 2.24) is 4.90 Å². The van der Waals surface area contributed by atoms with E-state index in [2.05, 4.69) is 24.3 Å². The van der Waals surface area contributed by atoms with E-state index < -0.39 is 0 Å². The molecule has 24 heavy (non-hydrogen) atoms. The van der Waals surface area contributed by atoms with Crippen LogP contribution in [-0.4, -0.2) is 30.2 Å². The number of hydrogen-bond acceptors (Lipinski definition) is 3. The van der Waals surface area contributed by atoms with Crippen LogP contribution in [0.15, 0.2) is 59.5 Å². The number of thioether (sulfide) groups is 1. The molecule has 2 aromatic rings. The van der Waals surface area contributed by atoms with Crippen LogP contribution in [0.2, 0.25) is 0 Å². The highest BCUT2D eigenvalue weighted by atomic mass is 32.2. The van der Waals surface area contributed by atoms with E-state index in [-0.39, 0.29) is 11.9 Å². The van der Waals surface area contributed by atoms with Crippen LogP contribution in [0, 0.1) is 0 Å². The first-order valence-corrected chi connectivity index (χ1v) is 9.38. The van der Waals surface area contributed by atoms with Gasteiger partial charge in [0.25, 0.3) is 0 Å². The smallest absolute Gasteiger partial charge is 0.223 e. The Labute approximate surface area is 148 Å². The maximum atomic E-state index is 12.6. The lowest BCUT2D eigenvalue weighted by Gasteiger charge is -2.25. The van der Waals surface area contributed by atoms with Crippen molar-refractivity contribution >= 4 is 17.7 Å². The molecule has 1 aliphatic heterocycles. The van der Waals surface area contributed by atoms with Crippen LogP contribution in [-0.2, 0) is 4.79 Å². The molecule has 1 atom stereocenters. The van der Waals surface area contributed by atoms with Gasteiger partial charge in [0.05, 0.1) is 13.2 Å². The van der Waals surface area contributed by atoms with Crippen molar-refractivity contribution in [3.05, 3.63) is 60.2 Å². The van der Waals surface area contributed by atoms with E-state index in [0.29, 0.717) is 6.42 Å². The second kappa shape index (κ2) is 8.25. The monoisotopic (exact) mass is 341 g/mol. The molecule has 1 heterocycles. The summed E-state index contributed by atoms with van der Waals surface area (Å²) in [6, 6.07) is 18.6. The number of rotatable bonds is 6. The number of nitrogens with zero attached hydrogens (tertiary/aromatic N) is 1. The molecule has 4 heteroatoms. The largest absolute Gasteiger partial charge is 0.497 e. The third-order valence-electron chi connectivity index (χ3n) is 4.40. The van der Waals surface area contributed by atoms with Crippen LogP contribution in [0.5, 0.6) is 5.75 Å². The molecule has 1 aliphatic rings. The fourth-order valence-corrected chi connectivity index (χ4v) is 4.02. The minimum Gasteiger partial charge on any atom is -0.497 e. The normalized spacial score (nSPS) is 17.0. The number of carbonyl (C=O) groups is 1. The summed E-state index contributed by atoms with van der Waals surface area (Å²) >= 11 is 1.75. The fourth-order valence-electron chi connectivity index (χ4n) is 3.15. The van der Waals surface area contributed by atoms with Gasteiger partial charge < -0.3 is 9.64 Å². The van der Waals surface area contributed by atoms with E-state index in [4.69, 9.17) is 4.74 Å². The Hall–Kier alpha value is -1.94. The lowest BCUT2D eigenvalue weighted by atomic mass is 10.0. The van der Waals surface area contributed by atoms with Gasteiger partial charge in [0, 0.05) is 23.6 Å². The van der Waals surface area contributed by atoms with Crippen LogP contribution >= 0.6 is 11.8 Å². The minimum absolute atomic E-state index is 0.213. The lowest BCUT2D eigenvalue weighted by Crippen LogP contribution is -2.30. The first-order chi connectivity index (χ1) is 11.8. The number of likely N-dealkylation sites (tertiary alicyclic amines) is 1. The molecular weight excluding hydrogens is 318 g/mol. The predicted molar refractivity (Wildman–Crippen MR) is 98.5 cm³/mol. The minimum atomic E-state index is 0.213. The average molecular weight is 341 g/mol. The average Bonchev–Trinajstić information content (AvgIpc) is 3.12. The molecule has 3 nitrogen and oxygen atoms in total. The first-order valence-electron chi connectivity index (χ1n) is 8.39. The van der Waals surface area contributed by atoms with Crippen molar-refractivity contribution in [3.63, 3.8) is 0 Å². The second-order valence-electron chi connectivity index (χ2n) is 5.93. The third-order valence-corrected chi connectivity index (χ3v) is 5.42. The molecule has 0 N–H and O–H groups in total. The zero-order valence-electron chi connectivity index (χ0n) is 14.0. The van der Waals surface area contributed by atoms with Gasteiger partial charge in [0.15, 0.2) is 0 Å². The number of ether oxygens (including phenoxy) is 1. The molecule has 1 unspecified atom stereocenters. The zero-order valence-corrected chi connectivity index (χ0v) is 14.8. The molecule has 1 saturated heterocycles. The van der Waals surface area contributed by atoms with Crippen LogP contribution in [0.25, 0.3) is 0 Å². The summed E-state index contributed by atoms with van der Waals surface area (Å²) in [7, 11) is 1.67. The van der Waals surface area contributed by atoms with Gasteiger partial charge in [-0.2, -0.15) is 0 Å². The second-order valence-corrected chi connectivity index (χ2v) is 7.10. The van der Waals surface area contributed by atoms with Gasteiger partial charge in [-0.1, -0.05) is 30.3 Å². The van der Waals surface area contributed by atoms with Crippen LogP contribution in [0.4, 0.5) is 0 Å². The van der Waals surface area contributed by atoms with Crippen molar-refractivity contribution in [3.8, 4) is 5.75 Å². The van der Waals surface area contributed by atoms with Gasteiger partial charge in [0.1, 0.15) is 5.75 Å². The quantitative estimate of drug-likeness (QED) is 0.722. The summed E-state index contributed by atoms with van der Waals surface area (Å²) < 4.78 is 5.22. The molecule has 0 aliphatic carbocycles. The summed E-state index contributed by atoms with van der Waals surface area (Å²) in [4.78, 5) is 15.9. The Kier molecular flexibility index (Phi) is 5.81. The van der Waals surface area contributed by atoms with Crippen molar-refractivity contribution in [2.24, 2.45) is 0 Å². The van der Waals surface area contributed by atoms with E-state index in [9.17, 15) is 4.79 Å². The Morgan fingerprint density at radius 3 is 2.62 bits per heavy atom. The van der Waals surface area contributed by atoms with E-state index in [1.807, 2.05) is 35.2 Å². The van der Waals surface area contributed by atoms with Gasteiger partial charge >= 0.3 is 0 Å². The summed E-state index contributed by atoms with van der Waals surface area (Å²) in [5.74, 6) is 1.94. The van der Waals surface area contributed by atoms with E-state index in [0.717, 1.165) is 30.9 Å². The van der Waals surface area contributed by atoms with Crippen LogP contribution < -0.4 is 4.74 Å². The molecule has 0 bridgehead atoms. The molecule has 126 valence electrons. The van der Waals surface area contributed by atoms with Crippen molar-refractivity contribution in [2.45, 2.75) is 30.2 Å². The first kappa shape index (κ1) is 16.9. The summed E-state index contributed by atoms with van der Waals surface area (Å²) in [5, 5.41) is 0. The van der Waals surface area contributed by atoms with Gasteiger partial charge in [-0.05, 0) is 42.7 Å². The Morgan fingerprint density at radius 1 is 1.17 bits per heavy atom. The molecule has 2 aromatic carbocycles. The van der Waals surface area contributed by atoms with Crippen molar-refractivity contribution in [1.29, 1.82) is 0 Å². The van der Waals surface area contributed by atoms with Gasteiger partial charge in [-0.25, -0.2) is 0 Å². The molecule has 0 saturated carbocycles. The Bertz CT molecular complexity index is 657. The summed E-state index contributed by atoms with van der Waals surface area (Å²) in [5.41, 5.74) is 1.21. The molecular formula is C20H23NO2S. The van der Waals surface area contributed by atoms with Gasteiger partial charge in [-0.3, -0.25) is 4.79 Å². The Morgan fingerprint density at radius 2 is 1.92 bits per heavy atom. The fraction of sp³-hybridized carbons (Fsp3) is 0.350. The zero-order chi connectivity index (χ0) is 16.8. The number of methoxy groups -OCH3 is 1. The van der Waals surface area contributed by atoms with Gasteiger partial charge in [0.2, 0.25) is 5.91 Å². The molecule has 3 rings (SSSR count). The lowest BCUT2D eigenvalue weighted by molar-refractivity contribution is -0.131. The molecule has 1 fully saturated rings. The van der Waals surface area contributed by atoms with E-state index in [1.165, 1.54) is 10.5 Å². The number of carbonyl (C=O) groups excluding carboxylic acids is 1. The highest BCUT2D eigenvalue weighted by Gasteiger charge is 2.29. The predicted octanol–water partition coefficient (Wildman–Crippen LogP) is 4.54. The van der Waals surface area contributed by atoms with Crippen molar-refractivity contribution < 1.29 is 9.53 Å². The van der Waals surface area contributed by atoms with E-state index >= 15 is 0 Å². The standard InChI is InChI=1S/C20H23NO2S/c1-23-17-11-9-16(10-12-17)19-8-5-14-21(19)20(22)13-15-24-18-6-3-2-4-7-18/h2-4,6-7,9-12,19H,5,8,13-15H2,1H3. The number of amides is 1. The number of hydrogen-bond donors (Lipinski definition) is 0. The SMILES string of the molecule is COc1ccc(C2CCCN2C(=O)CCSc2ccccc2)cc1. The van der Waals surface area contributed by atoms with Crippen LogP contribution in [0.1, 0.15) is 30.9 Å². The van der Waals surface area contributed by atoms with Gasteiger partial charge in [-0.15, -0.1) is 11.8 Å². The van der Waals surface area contributed by atoms with Crippen LogP contribution in [0.3, 0.4) is 0 Å². The Balaban J connectivity index is 1.56. The highest BCUT2D eigenvalue weighted by Crippen LogP contribution is 2.33. The summed E-state index contributed by atoms with van der Waals surface area (Å²) in [6.45, 7) is 0.867. The molecule has 0 radical (unpaired) electrons. The molecule has 1 amide bonds. The maximum Gasteiger partial charge on any atom is 0.223 e. The highest BCUT2D eigenvalue weighted by molar-refractivity contribution is 7.99. The summed E-state index contributed by atoms with van der Waals surface area (Å²) in [6.07, 6.45) is 2.71. The number of benzene rings is 2. The maximum absolute atomic E-state index is 12.6. The van der Waals surface area contributed by atoms with E-state index in [1.54, 1.807) is 18.9 Å².